The molecule has 0 unspecified atom stereocenters. The molecule has 0 spiro atoms. The molecule has 152 valence electrons. The standard InChI is InChI=1S/C21H18F3NO4/c1-13(26)16-6-10-18(11-7-16)25-20(28)14(2)29-19(27)12-5-15-3-8-17(9-4-15)21(22,23)24/h3-12,14H,1-2H3,(H,25,28)/b12-5+/t14-/m0/s1. The monoisotopic (exact) mass is 405 g/mol. The maximum atomic E-state index is 12.5. The van der Waals surface area contributed by atoms with Crippen LogP contribution in [0.2, 0.25) is 0 Å². The zero-order valence-electron chi connectivity index (χ0n) is 15.6. The highest BCUT2D eigenvalue weighted by Gasteiger charge is 2.29. The smallest absolute Gasteiger partial charge is 0.416 e. The molecule has 0 aromatic heterocycles. The molecule has 0 aliphatic rings. The summed E-state index contributed by atoms with van der Waals surface area (Å²) in [6.45, 7) is 2.80. The zero-order valence-corrected chi connectivity index (χ0v) is 15.6. The number of carbonyl (C=O) groups is 3. The molecule has 0 aliphatic carbocycles. The van der Waals surface area contributed by atoms with Gasteiger partial charge in [0.2, 0.25) is 0 Å². The van der Waals surface area contributed by atoms with E-state index in [2.05, 4.69) is 5.32 Å². The van der Waals surface area contributed by atoms with Gasteiger partial charge in [0.25, 0.3) is 5.91 Å². The number of Topliss-reactive ketones (excluding diaryl/α,β-unsaturated/α-hetero) is 1. The number of anilines is 1. The van der Waals surface area contributed by atoms with Gasteiger partial charge in [-0.05, 0) is 61.9 Å². The molecule has 1 atom stereocenters. The van der Waals surface area contributed by atoms with E-state index in [-0.39, 0.29) is 5.78 Å². The molecule has 2 aromatic rings. The lowest BCUT2D eigenvalue weighted by atomic mass is 10.1. The summed E-state index contributed by atoms with van der Waals surface area (Å²) < 4.78 is 42.5. The second kappa shape index (κ2) is 9.18. The van der Waals surface area contributed by atoms with Crippen LogP contribution >= 0.6 is 0 Å². The van der Waals surface area contributed by atoms with Crippen LogP contribution in [-0.2, 0) is 20.5 Å². The fraction of sp³-hybridized carbons (Fsp3) is 0.190. The molecule has 8 heteroatoms. The summed E-state index contributed by atoms with van der Waals surface area (Å²) in [4.78, 5) is 35.1. The van der Waals surface area contributed by atoms with Crippen LogP contribution in [0.25, 0.3) is 6.08 Å². The van der Waals surface area contributed by atoms with E-state index in [0.29, 0.717) is 16.8 Å². The molecule has 29 heavy (non-hydrogen) atoms. The van der Waals surface area contributed by atoms with Crippen LogP contribution in [0.1, 0.15) is 35.3 Å². The van der Waals surface area contributed by atoms with Crippen molar-refractivity contribution in [2.75, 3.05) is 5.32 Å². The van der Waals surface area contributed by atoms with Gasteiger partial charge in [0.05, 0.1) is 5.56 Å². The Hall–Kier alpha value is -3.42. The van der Waals surface area contributed by atoms with Crippen molar-refractivity contribution in [1.29, 1.82) is 0 Å². The summed E-state index contributed by atoms with van der Waals surface area (Å²) in [5.41, 5.74) is 0.510. The van der Waals surface area contributed by atoms with E-state index < -0.39 is 29.7 Å². The maximum Gasteiger partial charge on any atom is 0.416 e. The minimum atomic E-state index is -4.43. The van der Waals surface area contributed by atoms with Gasteiger partial charge < -0.3 is 10.1 Å². The highest BCUT2D eigenvalue weighted by molar-refractivity contribution is 5.98. The fourth-order valence-corrected chi connectivity index (χ4v) is 2.25. The third kappa shape index (κ3) is 6.60. The molecule has 0 aliphatic heterocycles. The number of ketones is 1. The van der Waals surface area contributed by atoms with Crippen LogP contribution in [0.4, 0.5) is 18.9 Å². The third-order valence-corrected chi connectivity index (χ3v) is 3.87. The summed E-state index contributed by atoms with van der Waals surface area (Å²) in [5.74, 6) is -1.50. The number of carbonyl (C=O) groups excluding carboxylic acids is 3. The van der Waals surface area contributed by atoms with E-state index >= 15 is 0 Å². The first-order valence-corrected chi connectivity index (χ1v) is 8.54. The van der Waals surface area contributed by atoms with Crippen LogP contribution in [-0.4, -0.2) is 23.8 Å². The molecule has 5 nitrogen and oxygen atoms in total. The molecule has 1 N–H and O–H groups in total. The molecule has 0 saturated carbocycles. The predicted octanol–water partition coefficient (Wildman–Crippen LogP) is 4.49. The number of amides is 1. The molecule has 0 radical (unpaired) electrons. The lowest BCUT2D eigenvalue weighted by Crippen LogP contribution is -2.29. The highest BCUT2D eigenvalue weighted by Crippen LogP contribution is 2.29. The zero-order chi connectivity index (χ0) is 21.6. The number of hydrogen-bond acceptors (Lipinski definition) is 4. The molecule has 1 amide bonds. The minimum absolute atomic E-state index is 0.106. The van der Waals surface area contributed by atoms with Crippen molar-refractivity contribution < 1.29 is 32.3 Å². The minimum Gasteiger partial charge on any atom is -0.449 e. The van der Waals surface area contributed by atoms with Gasteiger partial charge in [0.1, 0.15) is 0 Å². The Labute approximate surface area is 165 Å². The van der Waals surface area contributed by atoms with Crippen LogP contribution in [0.3, 0.4) is 0 Å². The Balaban J connectivity index is 1.89. The molecular weight excluding hydrogens is 387 g/mol. The van der Waals surface area contributed by atoms with Crippen LogP contribution in [0.15, 0.2) is 54.6 Å². The number of hydrogen-bond donors (Lipinski definition) is 1. The number of alkyl halides is 3. The van der Waals surface area contributed by atoms with Crippen LogP contribution < -0.4 is 5.32 Å². The number of benzene rings is 2. The summed E-state index contributed by atoms with van der Waals surface area (Å²) in [6.07, 6.45) is -3.23. The largest absolute Gasteiger partial charge is 0.449 e. The lowest BCUT2D eigenvalue weighted by molar-refractivity contribution is -0.148. The Morgan fingerprint density at radius 2 is 1.59 bits per heavy atom. The van der Waals surface area contributed by atoms with E-state index in [1.165, 1.54) is 32.1 Å². The van der Waals surface area contributed by atoms with E-state index in [9.17, 15) is 27.6 Å². The molecule has 0 bridgehead atoms. The topological polar surface area (TPSA) is 72.5 Å². The number of rotatable bonds is 6. The Bertz CT molecular complexity index is 916. The second-order valence-corrected chi connectivity index (χ2v) is 6.16. The average molecular weight is 405 g/mol. The number of esters is 1. The molecule has 2 rings (SSSR count). The summed E-state index contributed by atoms with van der Waals surface area (Å²) >= 11 is 0. The predicted molar refractivity (Wildman–Crippen MR) is 101 cm³/mol. The quantitative estimate of drug-likeness (QED) is 0.437. The molecular formula is C21H18F3NO4. The first-order valence-electron chi connectivity index (χ1n) is 8.54. The normalized spacial score (nSPS) is 12.4. The highest BCUT2D eigenvalue weighted by atomic mass is 19.4. The van der Waals surface area contributed by atoms with Gasteiger partial charge in [-0.2, -0.15) is 13.2 Å². The fourth-order valence-electron chi connectivity index (χ4n) is 2.25. The number of nitrogens with one attached hydrogen (secondary N) is 1. The first-order chi connectivity index (χ1) is 13.6. The number of ether oxygens (including phenoxy) is 1. The lowest BCUT2D eigenvalue weighted by Gasteiger charge is -2.12. The van der Waals surface area contributed by atoms with Gasteiger partial charge >= 0.3 is 12.1 Å². The Kier molecular flexibility index (Phi) is 6.93. The van der Waals surface area contributed by atoms with Gasteiger partial charge in [-0.1, -0.05) is 12.1 Å². The van der Waals surface area contributed by atoms with E-state index in [0.717, 1.165) is 18.2 Å². The van der Waals surface area contributed by atoms with Gasteiger partial charge in [-0.25, -0.2) is 4.79 Å². The average Bonchev–Trinajstić information content (AvgIpc) is 2.66. The van der Waals surface area contributed by atoms with E-state index in [1.54, 1.807) is 24.3 Å². The van der Waals surface area contributed by atoms with Crippen molar-refractivity contribution in [3.8, 4) is 0 Å². The van der Waals surface area contributed by atoms with Crippen molar-refractivity contribution >= 4 is 29.4 Å². The third-order valence-electron chi connectivity index (χ3n) is 3.87. The van der Waals surface area contributed by atoms with Crippen molar-refractivity contribution in [3.63, 3.8) is 0 Å². The van der Waals surface area contributed by atoms with Gasteiger partial charge in [-0.3, -0.25) is 9.59 Å². The Morgan fingerprint density at radius 1 is 1.00 bits per heavy atom. The van der Waals surface area contributed by atoms with E-state index in [1.807, 2.05) is 0 Å². The maximum absolute atomic E-state index is 12.5. The SMILES string of the molecule is CC(=O)c1ccc(NC(=O)[C@H](C)OC(=O)/C=C/c2ccc(C(F)(F)F)cc2)cc1. The molecule has 0 heterocycles. The van der Waals surface area contributed by atoms with E-state index in [4.69, 9.17) is 4.74 Å². The van der Waals surface area contributed by atoms with Crippen LogP contribution in [0.5, 0.6) is 0 Å². The molecule has 2 aromatic carbocycles. The van der Waals surface area contributed by atoms with Gasteiger partial charge in [0, 0.05) is 17.3 Å². The van der Waals surface area contributed by atoms with Gasteiger partial charge in [-0.15, -0.1) is 0 Å². The van der Waals surface area contributed by atoms with Crippen LogP contribution in [0, 0.1) is 0 Å². The van der Waals surface area contributed by atoms with Crippen molar-refractivity contribution in [3.05, 3.63) is 71.3 Å². The molecule has 0 fully saturated rings. The first kappa shape index (κ1) is 21.9. The van der Waals surface area contributed by atoms with Gasteiger partial charge in [0.15, 0.2) is 11.9 Å². The van der Waals surface area contributed by atoms with Crippen molar-refractivity contribution in [2.24, 2.45) is 0 Å². The number of halogens is 3. The summed E-state index contributed by atoms with van der Waals surface area (Å²) in [6, 6.07) is 10.4. The summed E-state index contributed by atoms with van der Waals surface area (Å²) in [7, 11) is 0. The van der Waals surface area contributed by atoms with Crippen molar-refractivity contribution in [1.82, 2.24) is 0 Å². The Morgan fingerprint density at radius 3 is 2.10 bits per heavy atom. The van der Waals surface area contributed by atoms with Crippen molar-refractivity contribution in [2.45, 2.75) is 26.1 Å². The summed E-state index contributed by atoms with van der Waals surface area (Å²) in [5, 5.41) is 2.55. The molecule has 0 saturated heterocycles. The second-order valence-electron chi connectivity index (χ2n) is 6.16.